The molecule has 0 radical (unpaired) electrons. The van der Waals surface area contributed by atoms with Crippen LogP contribution >= 0.6 is 11.6 Å². The van der Waals surface area contributed by atoms with Gasteiger partial charge in [-0.1, -0.05) is 24.6 Å². The summed E-state index contributed by atoms with van der Waals surface area (Å²) in [5, 5.41) is 13.5. The number of hydrogen-bond acceptors (Lipinski definition) is 3. The number of carbonyl (C=O) groups excluding carboxylic acids is 1. The van der Waals surface area contributed by atoms with E-state index >= 15 is 0 Å². The van der Waals surface area contributed by atoms with Gasteiger partial charge in [-0.05, 0) is 51.9 Å². The van der Waals surface area contributed by atoms with E-state index in [-0.39, 0.29) is 11.9 Å². The molecule has 5 heteroatoms. The number of nitrogens with one attached hydrogen (secondary N) is 1. The summed E-state index contributed by atoms with van der Waals surface area (Å²) in [6, 6.07) is 5.10. The number of halogens is 1. The maximum atomic E-state index is 12.4. The second kappa shape index (κ2) is 7.25. The summed E-state index contributed by atoms with van der Waals surface area (Å²) in [6.45, 7) is 10.3. The van der Waals surface area contributed by atoms with Crippen molar-refractivity contribution in [3.8, 4) is 0 Å². The Balaban J connectivity index is 2.80. The van der Waals surface area contributed by atoms with Crippen molar-refractivity contribution >= 4 is 23.2 Å². The van der Waals surface area contributed by atoms with Crippen LogP contribution in [0.15, 0.2) is 18.2 Å². The van der Waals surface area contributed by atoms with E-state index in [1.165, 1.54) is 0 Å². The van der Waals surface area contributed by atoms with Crippen LogP contribution in [0, 0.1) is 6.92 Å². The van der Waals surface area contributed by atoms with E-state index in [0.29, 0.717) is 18.1 Å². The van der Waals surface area contributed by atoms with E-state index in [4.69, 9.17) is 11.6 Å². The molecule has 0 spiro atoms. The summed E-state index contributed by atoms with van der Waals surface area (Å²) in [7, 11) is 0. The smallest absolute Gasteiger partial charge is 0.241 e. The minimum Gasteiger partial charge on any atom is -0.389 e. The molecule has 0 aromatic heterocycles. The van der Waals surface area contributed by atoms with Gasteiger partial charge in [0, 0.05) is 17.3 Å². The Kier molecular flexibility index (Phi) is 6.20. The second-order valence-electron chi connectivity index (χ2n) is 5.95. The molecule has 0 aliphatic carbocycles. The fourth-order valence-electron chi connectivity index (χ4n) is 2.17. The molecule has 1 aromatic rings. The molecule has 2 N–H and O–H groups in total. The van der Waals surface area contributed by atoms with Crippen molar-refractivity contribution in [2.45, 2.75) is 46.3 Å². The van der Waals surface area contributed by atoms with Crippen LogP contribution in [0.4, 0.5) is 5.69 Å². The molecule has 1 unspecified atom stereocenters. The van der Waals surface area contributed by atoms with Gasteiger partial charge < -0.3 is 10.4 Å². The molecule has 4 nitrogen and oxygen atoms in total. The van der Waals surface area contributed by atoms with Gasteiger partial charge in [-0.2, -0.15) is 0 Å². The fourth-order valence-corrected chi connectivity index (χ4v) is 2.34. The lowest BCUT2D eigenvalue weighted by atomic mass is 10.1. The van der Waals surface area contributed by atoms with Crippen LogP contribution in [-0.2, 0) is 4.79 Å². The Morgan fingerprint density at radius 2 is 2.10 bits per heavy atom. The van der Waals surface area contributed by atoms with E-state index in [1.54, 1.807) is 19.9 Å². The van der Waals surface area contributed by atoms with Crippen molar-refractivity contribution in [1.29, 1.82) is 0 Å². The van der Waals surface area contributed by atoms with Crippen LogP contribution in [0.1, 0.15) is 33.3 Å². The number of rotatable bonds is 6. The van der Waals surface area contributed by atoms with Crippen molar-refractivity contribution in [2.24, 2.45) is 0 Å². The van der Waals surface area contributed by atoms with Gasteiger partial charge in [0.1, 0.15) is 0 Å². The number of hydrogen-bond donors (Lipinski definition) is 2. The van der Waals surface area contributed by atoms with Crippen LogP contribution in [0.5, 0.6) is 0 Å². The number of carbonyl (C=O) groups is 1. The van der Waals surface area contributed by atoms with Crippen LogP contribution < -0.4 is 5.32 Å². The SMILES string of the molecule is CCN(CC(C)(C)O)C(C)C(=O)Nc1cccc(Cl)c1C. The predicted octanol–water partition coefficient (Wildman–Crippen LogP) is 3.07. The molecule has 1 rings (SSSR count). The molecule has 0 aliphatic heterocycles. The first-order valence-corrected chi connectivity index (χ1v) is 7.56. The van der Waals surface area contributed by atoms with E-state index in [9.17, 15) is 9.90 Å². The summed E-state index contributed by atoms with van der Waals surface area (Å²) in [6.07, 6.45) is 0. The fraction of sp³-hybridized carbons (Fsp3) is 0.562. The number of amides is 1. The van der Waals surface area contributed by atoms with Crippen LogP contribution in [0.3, 0.4) is 0 Å². The summed E-state index contributed by atoms with van der Waals surface area (Å²) >= 11 is 6.06. The number of likely N-dealkylation sites (N-methyl/N-ethyl adjacent to an activating group) is 1. The highest BCUT2D eigenvalue weighted by molar-refractivity contribution is 6.31. The summed E-state index contributed by atoms with van der Waals surface area (Å²) in [5.41, 5.74) is 0.736. The van der Waals surface area contributed by atoms with Gasteiger partial charge in [-0.3, -0.25) is 9.69 Å². The molecule has 21 heavy (non-hydrogen) atoms. The van der Waals surface area contributed by atoms with Crippen LogP contribution in [0.2, 0.25) is 5.02 Å². The van der Waals surface area contributed by atoms with Gasteiger partial charge in [-0.15, -0.1) is 0 Å². The lowest BCUT2D eigenvalue weighted by molar-refractivity contribution is -0.121. The average Bonchev–Trinajstić information content (AvgIpc) is 2.39. The topological polar surface area (TPSA) is 52.6 Å². The number of aliphatic hydroxyl groups is 1. The third-order valence-corrected chi connectivity index (χ3v) is 3.86. The molecule has 118 valence electrons. The standard InChI is InChI=1S/C16H25ClN2O2/c1-6-19(10-16(4,5)21)12(3)15(20)18-14-9-7-8-13(17)11(14)2/h7-9,12,21H,6,10H2,1-5H3,(H,18,20). The first-order valence-electron chi connectivity index (χ1n) is 7.18. The predicted molar refractivity (Wildman–Crippen MR) is 87.8 cm³/mol. The van der Waals surface area contributed by atoms with E-state index in [2.05, 4.69) is 5.32 Å². The van der Waals surface area contributed by atoms with Crippen molar-refractivity contribution in [3.05, 3.63) is 28.8 Å². The van der Waals surface area contributed by atoms with Crippen molar-refractivity contribution < 1.29 is 9.90 Å². The van der Waals surface area contributed by atoms with Gasteiger partial charge >= 0.3 is 0 Å². The van der Waals surface area contributed by atoms with Crippen LogP contribution in [-0.4, -0.2) is 40.6 Å². The Hall–Kier alpha value is -1.10. The van der Waals surface area contributed by atoms with Crippen molar-refractivity contribution in [2.75, 3.05) is 18.4 Å². The molecule has 0 fully saturated rings. The van der Waals surface area contributed by atoms with Gasteiger partial charge in [-0.25, -0.2) is 0 Å². The monoisotopic (exact) mass is 312 g/mol. The molecule has 0 saturated carbocycles. The highest BCUT2D eigenvalue weighted by Crippen LogP contribution is 2.23. The Bertz CT molecular complexity index is 498. The lowest BCUT2D eigenvalue weighted by Gasteiger charge is -2.32. The summed E-state index contributed by atoms with van der Waals surface area (Å²) in [5.74, 6) is -0.105. The number of nitrogens with zero attached hydrogens (tertiary/aromatic N) is 1. The minimum absolute atomic E-state index is 0.105. The zero-order valence-electron chi connectivity index (χ0n) is 13.4. The van der Waals surface area contributed by atoms with Gasteiger partial charge in [0.05, 0.1) is 11.6 Å². The van der Waals surface area contributed by atoms with Gasteiger partial charge in [0.2, 0.25) is 5.91 Å². The Morgan fingerprint density at radius 1 is 1.48 bits per heavy atom. The lowest BCUT2D eigenvalue weighted by Crippen LogP contribution is -2.48. The molecule has 1 amide bonds. The average molecular weight is 313 g/mol. The molecular weight excluding hydrogens is 288 g/mol. The van der Waals surface area contributed by atoms with Crippen LogP contribution in [0.25, 0.3) is 0 Å². The second-order valence-corrected chi connectivity index (χ2v) is 6.36. The molecule has 0 heterocycles. The molecular formula is C16H25ClN2O2. The van der Waals surface area contributed by atoms with E-state index in [1.807, 2.05) is 37.8 Å². The largest absolute Gasteiger partial charge is 0.389 e. The number of benzene rings is 1. The zero-order chi connectivity index (χ0) is 16.2. The highest BCUT2D eigenvalue weighted by Gasteiger charge is 2.25. The molecule has 1 atom stereocenters. The minimum atomic E-state index is -0.837. The van der Waals surface area contributed by atoms with Crippen molar-refractivity contribution in [3.63, 3.8) is 0 Å². The molecule has 0 bridgehead atoms. The Morgan fingerprint density at radius 3 is 2.62 bits per heavy atom. The zero-order valence-corrected chi connectivity index (χ0v) is 14.2. The summed E-state index contributed by atoms with van der Waals surface area (Å²) in [4.78, 5) is 14.3. The Labute approximate surface area is 132 Å². The first kappa shape index (κ1) is 18.0. The summed E-state index contributed by atoms with van der Waals surface area (Å²) < 4.78 is 0. The van der Waals surface area contributed by atoms with E-state index in [0.717, 1.165) is 11.3 Å². The third kappa shape index (κ3) is 5.30. The molecule has 0 aliphatic rings. The van der Waals surface area contributed by atoms with Gasteiger partial charge in [0.15, 0.2) is 0 Å². The number of anilines is 1. The van der Waals surface area contributed by atoms with Gasteiger partial charge in [0.25, 0.3) is 0 Å². The normalized spacial score (nSPS) is 13.3. The quantitative estimate of drug-likeness (QED) is 0.849. The highest BCUT2D eigenvalue weighted by atomic mass is 35.5. The van der Waals surface area contributed by atoms with Crippen molar-refractivity contribution in [1.82, 2.24) is 4.90 Å². The maximum Gasteiger partial charge on any atom is 0.241 e. The third-order valence-electron chi connectivity index (χ3n) is 3.45. The molecule has 1 aromatic carbocycles. The first-order chi connectivity index (χ1) is 9.65. The maximum absolute atomic E-state index is 12.4. The molecule has 0 saturated heterocycles. The van der Waals surface area contributed by atoms with E-state index < -0.39 is 5.60 Å².